The Balaban J connectivity index is 1.75. The molecule has 136 valence electrons. The van der Waals surface area contributed by atoms with Crippen LogP contribution < -0.4 is 10.1 Å². The smallest absolute Gasteiger partial charge is 0.0979 e. The molecule has 0 fully saturated rings. The van der Waals surface area contributed by atoms with Crippen molar-refractivity contribution in [3.8, 4) is 0 Å². The van der Waals surface area contributed by atoms with E-state index >= 15 is 0 Å². The van der Waals surface area contributed by atoms with Crippen molar-refractivity contribution in [1.82, 2.24) is 0 Å². The van der Waals surface area contributed by atoms with E-state index in [-0.39, 0.29) is 26.4 Å². The number of nitrogens with zero attached hydrogens (tertiary/aromatic N) is 2. The lowest BCUT2D eigenvalue weighted by molar-refractivity contribution is 0.0790. The molecule has 0 unspecified atom stereocenters. The molecule has 6 heteroatoms. The summed E-state index contributed by atoms with van der Waals surface area (Å²) in [6.45, 7) is 1.73. The molecule has 0 aliphatic carbocycles. The van der Waals surface area contributed by atoms with Crippen LogP contribution >= 0.6 is 0 Å². The Morgan fingerprint density at radius 2 is 1.12 bits per heavy atom. The molecule has 0 radical (unpaired) electrons. The van der Waals surface area contributed by atoms with E-state index in [0.29, 0.717) is 13.1 Å². The highest BCUT2D eigenvalue weighted by molar-refractivity contribution is 6.04. The number of anilines is 2. The predicted octanol–water partition coefficient (Wildman–Crippen LogP) is 2.09. The number of fused-ring (bicyclic) bond motifs is 2. The van der Waals surface area contributed by atoms with Crippen molar-refractivity contribution in [1.29, 1.82) is 0 Å². The Morgan fingerprint density at radius 3 is 1.54 bits per heavy atom. The first-order chi connectivity index (χ1) is 12.8. The molecule has 2 aromatic rings. The van der Waals surface area contributed by atoms with Crippen molar-refractivity contribution in [2.75, 3.05) is 49.6 Å². The highest BCUT2D eigenvalue weighted by atomic mass is 16.7. The van der Waals surface area contributed by atoms with E-state index in [0.717, 1.165) is 22.5 Å². The first-order valence-corrected chi connectivity index (χ1v) is 8.77. The number of para-hydroxylation sites is 2. The van der Waals surface area contributed by atoms with Gasteiger partial charge in [-0.2, -0.15) is 0 Å². The Morgan fingerprint density at radius 1 is 0.692 bits per heavy atom. The molecule has 26 heavy (non-hydrogen) atoms. The largest absolute Gasteiger partial charge is 0.394 e. The molecule has 2 aromatic carbocycles. The van der Waals surface area contributed by atoms with Crippen molar-refractivity contribution < 1.29 is 19.9 Å². The predicted molar refractivity (Wildman–Crippen MR) is 100 cm³/mol. The molecule has 0 aromatic heterocycles. The molecule has 2 aliphatic rings. The summed E-state index contributed by atoms with van der Waals surface area (Å²) in [6.07, 6.45) is 0. The van der Waals surface area contributed by atoms with Gasteiger partial charge in [0.25, 0.3) is 0 Å². The zero-order valence-electron chi connectivity index (χ0n) is 14.5. The first-order valence-electron chi connectivity index (χ1n) is 8.77. The fraction of sp³-hybridized carbons (Fsp3) is 0.300. The van der Waals surface area contributed by atoms with E-state index in [4.69, 9.17) is 19.9 Å². The van der Waals surface area contributed by atoms with Gasteiger partial charge < -0.3 is 10.2 Å². The van der Waals surface area contributed by atoms with Gasteiger partial charge in [0.2, 0.25) is 0 Å². The van der Waals surface area contributed by atoms with Crippen LogP contribution in [0.1, 0.15) is 11.1 Å². The summed E-state index contributed by atoms with van der Waals surface area (Å²) in [6, 6.07) is 16.3. The van der Waals surface area contributed by atoms with Gasteiger partial charge in [-0.3, -0.25) is 9.68 Å². The first kappa shape index (κ1) is 17.1. The van der Waals surface area contributed by atoms with Crippen LogP contribution in [-0.4, -0.2) is 49.7 Å². The number of hydrogen-bond acceptors (Lipinski definition) is 6. The summed E-state index contributed by atoms with van der Waals surface area (Å²) in [7, 11) is 0. The molecule has 0 spiro atoms. The van der Waals surface area contributed by atoms with Crippen molar-refractivity contribution in [2.24, 2.45) is 0 Å². The number of aliphatic hydroxyl groups is 2. The van der Waals surface area contributed by atoms with Gasteiger partial charge in [-0.25, -0.2) is 10.1 Å². The topological polar surface area (TPSA) is 65.4 Å². The average molecular weight is 354 g/mol. The van der Waals surface area contributed by atoms with Gasteiger partial charge in [0.1, 0.15) is 0 Å². The number of aliphatic hydroxyl groups excluding tert-OH is 2. The second-order valence-corrected chi connectivity index (χ2v) is 6.18. The minimum atomic E-state index is -0.0177. The summed E-state index contributed by atoms with van der Waals surface area (Å²) in [5, 5.41) is 21.9. The van der Waals surface area contributed by atoms with Gasteiger partial charge >= 0.3 is 0 Å². The van der Waals surface area contributed by atoms with Crippen LogP contribution in [0.2, 0.25) is 0 Å². The molecule has 4 rings (SSSR count). The zero-order chi connectivity index (χ0) is 17.9. The van der Waals surface area contributed by atoms with Crippen LogP contribution in [0, 0.1) is 0 Å². The summed E-state index contributed by atoms with van der Waals surface area (Å²) in [4.78, 5) is 11.4. The fourth-order valence-electron chi connectivity index (χ4n) is 3.57. The van der Waals surface area contributed by atoms with Gasteiger partial charge in [-0.1, -0.05) is 36.4 Å². The van der Waals surface area contributed by atoms with Crippen molar-refractivity contribution in [3.63, 3.8) is 0 Å². The van der Waals surface area contributed by atoms with Crippen LogP contribution in [0.15, 0.2) is 48.5 Å². The molecule has 0 atom stereocenters. The van der Waals surface area contributed by atoms with Crippen molar-refractivity contribution in [2.45, 2.75) is 0 Å². The Hall–Kier alpha value is -2.38. The van der Waals surface area contributed by atoms with Gasteiger partial charge in [-0.05, 0) is 23.3 Å². The molecule has 0 amide bonds. The van der Waals surface area contributed by atoms with Gasteiger partial charge in [0, 0.05) is 11.1 Å². The highest BCUT2D eigenvalue weighted by Crippen LogP contribution is 2.45. The van der Waals surface area contributed by atoms with Crippen LogP contribution in [0.5, 0.6) is 0 Å². The zero-order valence-corrected chi connectivity index (χ0v) is 14.5. The number of benzene rings is 2. The average Bonchev–Trinajstić information content (AvgIpc) is 3.23. The van der Waals surface area contributed by atoms with Crippen molar-refractivity contribution in [3.05, 3.63) is 59.7 Å². The Kier molecular flexibility index (Phi) is 4.90. The lowest BCUT2D eigenvalue weighted by atomic mass is 9.97. The third kappa shape index (κ3) is 2.97. The van der Waals surface area contributed by atoms with Crippen LogP contribution in [-0.2, 0) is 9.68 Å². The number of rotatable bonds is 6. The molecule has 0 saturated carbocycles. The third-order valence-corrected chi connectivity index (χ3v) is 4.64. The van der Waals surface area contributed by atoms with Gasteiger partial charge in [0.05, 0.1) is 50.9 Å². The molecule has 2 heterocycles. The maximum atomic E-state index is 9.09. The van der Waals surface area contributed by atoms with E-state index < -0.39 is 0 Å². The van der Waals surface area contributed by atoms with Crippen LogP contribution in [0.3, 0.4) is 0 Å². The van der Waals surface area contributed by atoms with E-state index in [1.165, 1.54) is 11.1 Å². The van der Waals surface area contributed by atoms with E-state index in [2.05, 4.69) is 12.1 Å². The van der Waals surface area contributed by atoms with E-state index in [1.807, 2.05) is 46.5 Å². The molecular formula is C20H22N2O4. The molecule has 2 N–H and O–H groups in total. The quantitative estimate of drug-likeness (QED) is 0.828. The van der Waals surface area contributed by atoms with Crippen molar-refractivity contribution >= 4 is 22.5 Å². The lowest BCUT2D eigenvalue weighted by Gasteiger charge is -2.18. The minimum absolute atomic E-state index is 0.0177. The Labute approximate surface area is 152 Å². The molecule has 0 saturated heterocycles. The summed E-state index contributed by atoms with van der Waals surface area (Å²) in [5.41, 5.74) is 6.69. The third-order valence-electron chi connectivity index (χ3n) is 4.64. The monoisotopic (exact) mass is 354 g/mol. The Bertz CT molecular complexity index is 753. The highest BCUT2D eigenvalue weighted by Gasteiger charge is 2.32. The van der Waals surface area contributed by atoms with E-state index in [1.54, 1.807) is 0 Å². The summed E-state index contributed by atoms with van der Waals surface area (Å²) < 4.78 is 0. The number of hydrogen-bond donors (Lipinski definition) is 2. The lowest BCUT2D eigenvalue weighted by Crippen LogP contribution is -2.24. The van der Waals surface area contributed by atoms with Crippen LogP contribution in [0.25, 0.3) is 11.1 Å². The second-order valence-electron chi connectivity index (χ2n) is 6.18. The van der Waals surface area contributed by atoms with Gasteiger partial charge in [-0.15, -0.1) is 0 Å². The molecule has 2 aliphatic heterocycles. The van der Waals surface area contributed by atoms with Gasteiger partial charge in [0.15, 0.2) is 0 Å². The standard InChI is InChI=1S/C20H22N2O4/c23-9-11-25-21-13-17(15-5-1-3-7-19(15)21)18-14-22(26-12-10-24)20-8-4-2-6-16(18)20/h1-8,23-24H,9-14H2. The normalized spacial score (nSPS) is 18.4. The van der Waals surface area contributed by atoms with Crippen LogP contribution in [0.4, 0.5) is 11.4 Å². The molecular weight excluding hydrogens is 332 g/mol. The second kappa shape index (κ2) is 7.47. The SMILES string of the molecule is OCCON1CC(=C2CN(OCCO)c3ccccc32)c2ccccc21. The maximum absolute atomic E-state index is 9.09. The maximum Gasteiger partial charge on any atom is 0.0979 e. The minimum Gasteiger partial charge on any atom is -0.394 e. The fourth-order valence-corrected chi connectivity index (χ4v) is 3.57. The summed E-state index contributed by atoms with van der Waals surface area (Å²) in [5.74, 6) is 0. The summed E-state index contributed by atoms with van der Waals surface area (Å²) >= 11 is 0. The molecule has 0 bridgehead atoms. The van der Waals surface area contributed by atoms with E-state index in [9.17, 15) is 0 Å². The number of hydroxylamine groups is 2. The molecule has 6 nitrogen and oxygen atoms in total.